The van der Waals surface area contributed by atoms with Crippen LogP contribution in [-0.4, -0.2) is 49.6 Å². The summed E-state index contributed by atoms with van der Waals surface area (Å²) in [4.78, 5) is 17.3. The lowest BCUT2D eigenvalue weighted by atomic mass is 9.97. The first-order valence-electron chi connectivity index (χ1n) is 12.6. The van der Waals surface area contributed by atoms with Crippen LogP contribution in [0, 0.1) is 24.6 Å². The van der Waals surface area contributed by atoms with Crippen molar-refractivity contribution >= 4 is 17.2 Å². The Bertz CT molecular complexity index is 1460. The van der Waals surface area contributed by atoms with E-state index in [1.165, 1.54) is 10.7 Å². The van der Waals surface area contributed by atoms with Crippen molar-refractivity contribution in [1.29, 1.82) is 0 Å². The number of halogens is 1. The SMILES string of the molecule is CCC1OC[C@H]1COc1cnn(C)c1-c1cc2cc(NC(=O)[C@H]3C[C@H]3c3ccc(C)cn3)nn2cc1F. The van der Waals surface area contributed by atoms with Crippen molar-refractivity contribution in [3.63, 3.8) is 0 Å². The fourth-order valence-electron chi connectivity index (χ4n) is 4.99. The number of anilines is 1. The van der Waals surface area contributed by atoms with Crippen molar-refractivity contribution in [3.05, 3.63) is 59.9 Å². The standard InChI is InChI=1S/C27H29FN6O3/c1-4-23-16(13-36-23)14-37-24-11-30-33(3)26(24)20-7-17-8-25(32-34(17)12-21(20)28)31-27(35)19-9-18(19)22-6-5-15(2)10-29-22/h5-8,10-12,16,18-19,23H,4,9,13-14H2,1-3H3,(H,31,32,35)/t16-,18+,19-,23?/m0/s1. The van der Waals surface area contributed by atoms with Gasteiger partial charge in [-0.25, -0.2) is 8.91 Å². The topological polar surface area (TPSA) is 95.6 Å². The van der Waals surface area contributed by atoms with Crippen LogP contribution in [0.3, 0.4) is 0 Å². The quantitative estimate of drug-likeness (QED) is 0.388. The number of pyridine rings is 2. The molecular weight excluding hydrogens is 475 g/mol. The molecule has 1 saturated heterocycles. The van der Waals surface area contributed by atoms with Crippen LogP contribution in [0.1, 0.15) is 36.9 Å². The predicted octanol–water partition coefficient (Wildman–Crippen LogP) is 4.12. The largest absolute Gasteiger partial charge is 0.489 e. The van der Waals surface area contributed by atoms with Crippen LogP contribution >= 0.6 is 0 Å². The number of hydrogen-bond acceptors (Lipinski definition) is 6. The third-order valence-electron chi connectivity index (χ3n) is 7.31. The fourth-order valence-corrected chi connectivity index (χ4v) is 4.99. The van der Waals surface area contributed by atoms with Crippen LogP contribution in [0.4, 0.5) is 10.2 Å². The summed E-state index contributed by atoms with van der Waals surface area (Å²) in [5, 5.41) is 11.5. The summed E-state index contributed by atoms with van der Waals surface area (Å²) in [6.45, 7) is 5.23. The number of hydrogen-bond donors (Lipinski definition) is 1. The molecule has 4 aromatic rings. The summed E-state index contributed by atoms with van der Waals surface area (Å²) >= 11 is 0. The molecule has 2 aliphatic rings. The number of aryl methyl sites for hydroxylation is 2. The Balaban J connectivity index is 1.19. The molecule has 192 valence electrons. The number of carbonyl (C=O) groups is 1. The molecule has 0 aromatic carbocycles. The summed E-state index contributed by atoms with van der Waals surface area (Å²) in [6.07, 6.45) is 6.62. The van der Waals surface area contributed by atoms with Crippen LogP contribution in [0.15, 0.2) is 42.9 Å². The summed E-state index contributed by atoms with van der Waals surface area (Å²) in [6, 6.07) is 7.41. The van der Waals surface area contributed by atoms with Crippen molar-refractivity contribution in [2.24, 2.45) is 18.9 Å². The van der Waals surface area contributed by atoms with Gasteiger partial charge in [0.2, 0.25) is 5.91 Å². The smallest absolute Gasteiger partial charge is 0.229 e. The molecule has 1 N–H and O–H groups in total. The van der Waals surface area contributed by atoms with E-state index >= 15 is 4.39 Å². The Kier molecular flexibility index (Phi) is 5.91. The number of nitrogens with one attached hydrogen (secondary N) is 1. The van der Waals surface area contributed by atoms with Crippen LogP contribution in [0.25, 0.3) is 16.8 Å². The molecule has 37 heavy (non-hydrogen) atoms. The fraction of sp³-hybridized carbons (Fsp3) is 0.407. The summed E-state index contributed by atoms with van der Waals surface area (Å²) in [5.74, 6) is 0.612. The van der Waals surface area contributed by atoms with Gasteiger partial charge >= 0.3 is 0 Å². The number of aromatic nitrogens is 5. The zero-order valence-corrected chi connectivity index (χ0v) is 21.0. The minimum absolute atomic E-state index is 0.107. The minimum atomic E-state index is -0.465. The molecule has 1 amide bonds. The molecule has 6 rings (SSSR count). The molecule has 5 heterocycles. The number of carbonyl (C=O) groups excluding carboxylic acids is 1. The Labute approximate surface area is 213 Å². The lowest BCUT2D eigenvalue weighted by molar-refractivity contribution is -0.128. The minimum Gasteiger partial charge on any atom is -0.489 e. The number of rotatable bonds is 8. The van der Waals surface area contributed by atoms with Gasteiger partial charge in [-0.15, -0.1) is 5.10 Å². The zero-order chi connectivity index (χ0) is 25.7. The molecule has 1 unspecified atom stereocenters. The first-order valence-corrected chi connectivity index (χ1v) is 12.6. The first kappa shape index (κ1) is 23.6. The molecule has 0 bridgehead atoms. The molecular formula is C27H29FN6O3. The van der Waals surface area contributed by atoms with E-state index in [4.69, 9.17) is 9.47 Å². The van der Waals surface area contributed by atoms with Gasteiger partial charge in [-0.2, -0.15) is 5.10 Å². The third-order valence-corrected chi connectivity index (χ3v) is 7.31. The van der Waals surface area contributed by atoms with Gasteiger partial charge in [-0.3, -0.25) is 14.5 Å². The molecule has 1 aliphatic carbocycles. The van der Waals surface area contributed by atoms with Crippen molar-refractivity contribution in [2.75, 3.05) is 18.5 Å². The van der Waals surface area contributed by atoms with E-state index < -0.39 is 5.82 Å². The number of ether oxygens (including phenoxy) is 2. The molecule has 0 radical (unpaired) electrons. The van der Waals surface area contributed by atoms with Crippen molar-refractivity contribution in [3.8, 4) is 17.0 Å². The second-order valence-electron chi connectivity index (χ2n) is 9.96. The molecule has 0 spiro atoms. The highest BCUT2D eigenvalue weighted by atomic mass is 19.1. The van der Waals surface area contributed by atoms with Gasteiger partial charge in [0.05, 0.1) is 37.2 Å². The van der Waals surface area contributed by atoms with Crippen LogP contribution in [-0.2, 0) is 16.6 Å². The number of fused-ring (bicyclic) bond motifs is 1. The van der Waals surface area contributed by atoms with Crippen molar-refractivity contribution < 1.29 is 18.7 Å². The maximum atomic E-state index is 15.2. The van der Waals surface area contributed by atoms with Crippen LogP contribution in [0.5, 0.6) is 5.75 Å². The van der Waals surface area contributed by atoms with Gasteiger partial charge in [-0.05, 0) is 37.5 Å². The molecule has 1 aliphatic heterocycles. The lowest BCUT2D eigenvalue weighted by Crippen LogP contribution is -2.42. The average Bonchev–Trinajstić information content (AvgIpc) is 3.45. The van der Waals surface area contributed by atoms with Gasteiger partial charge in [0, 0.05) is 48.3 Å². The van der Waals surface area contributed by atoms with Gasteiger partial charge in [0.25, 0.3) is 0 Å². The number of nitrogens with zero attached hydrogens (tertiary/aromatic N) is 5. The number of amides is 1. The predicted molar refractivity (Wildman–Crippen MR) is 135 cm³/mol. The Hall–Kier alpha value is -3.79. The van der Waals surface area contributed by atoms with E-state index in [9.17, 15) is 4.79 Å². The van der Waals surface area contributed by atoms with E-state index in [1.54, 1.807) is 30.1 Å². The highest BCUT2D eigenvalue weighted by molar-refractivity contribution is 5.95. The first-order chi connectivity index (χ1) is 17.9. The molecule has 4 atom stereocenters. The van der Waals surface area contributed by atoms with Gasteiger partial charge in [-0.1, -0.05) is 13.0 Å². The summed E-state index contributed by atoms with van der Waals surface area (Å²) in [5.41, 5.74) is 3.56. The van der Waals surface area contributed by atoms with E-state index in [0.29, 0.717) is 47.5 Å². The Morgan fingerprint density at radius 2 is 2.16 bits per heavy atom. The second kappa shape index (κ2) is 9.26. The molecule has 1 saturated carbocycles. The molecule has 2 fully saturated rings. The van der Waals surface area contributed by atoms with E-state index in [-0.39, 0.29) is 23.8 Å². The molecule has 4 aromatic heterocycles. The van der Waals surface area contributed by atoms with E-state index in [1.807, 2.05) is 25.3 Å². The van der Waals surface area contributed by atoms with Crippen LogP contribution in [0.2, 0.25) is 0 Å². The average molecular weight is 505 g/mol. The summed E-state index contributed by atoms with van der Waals surface area (Å²) < 4.78 is 29.9. The van der Waals surface area contributed by atoms with Gasteiger partial charge in [0.15, 0.2) is 17.4 Å². The third kappa shape index (κ3) is 4.46. The van der Waals surface area contributed by atoms with Gasteiger partial charge < -0.3 is 14.8 Å². The van der Waals surface area contributed by atoms with Crippen molar-refractivity contribution in [2.45, 2.75) is 38.7 Å². The van der Waals surface area contributed by atoms with Crippen molar-refractivity contribution in [1.82, 2.24) is 24.4 Å². The Morgan fingerprint density at radius 1 is 1.30 bits per heavy atom. The zero-order valence-electron chi connectivity index (χ0n) is 21.0. The highest BCUT2D eigenvalue weighted by Crippen LogP contribution is 2.47. The Morgan fingerprint density at radius 3 is 2.89 bits per heavy atom. The highest BCUT2D eigenvalue weighted by Gasteiger charge is 2.45. The molecule has 10 heteroatoms. The van der Waals surface area contributed by atoms with E-state index in [0.717, 1.165) is 24.1 Å². The van der Waals surface area contributed by atoms with Gasteiger partial charge in [0.1, 0.15) is 5.69 Å². The maximum absolute atomic E-state index is 15.2. The normalized spacial score (nSPS) is 22.6. The lowest BCUT2D eigenvalue weighted by Gasteiger charge is -2.35. The second-order valence-corrected chi connectivity index (χ2v) is 9.96. The molecule has 9 nitrogen and oxygen atoms in total. The monoisotopic (exact) mass is 504 g/mol. The summed E-state index contributed by atoms with van der Waals surface area (Å²) in [7, 11) is 1.75. The van der Waals surface area contributed by atoms with Crippen LogP contribution < -0.4 is 10.1 Å². The van der Waals surface area contributed by atoms with E-state index in [2.05, 4.69) is 27.4 Å². The maximum Gasteiger partial charge on any atom is 0.229 e.